The van der Waals surface area contributed by atoms with E-state index in [1.54, 1.807) is 12.1 Å². The van der Waals surface area contributed by atoms with Crippen LogP contribution in [0.2, 0.25) is 0 Å². The minimum absolute atomic E-state index is 0.0164. The normalized spacial score (nSPS) is 11.8. The number of nitrogens with zero attached hydrogens (tertiary/aromatic N) is 3. The molecule has 4 aromatic carbocycles. The van der Waals surface area contributed by atoms with Crippen molar-refractivity contribution in [1.29, 1.82) is 0 Å². The van der Waals surface area contributed by atoms with E-state index in [0.717, 1.165) is 38.9 Å². The number of aliphatic hydroxyl groups is 1. The first-order valence-electron chi connectivity index (χ1n) is 14.0. The number of aromatic nitrogens is 3. The van der Waals surface area contributed by atoms with Crippen molar-refractivity contribution in [3.05, 3.63) is 113 Å². The summed E-state index contributed by atoms with van der Waals surface area (Å²) in [7, 11) is 0. The van der Waals surface area contributed by atoms with Gasteiger partial charge in [0, 0.05) is 23.6 Å². The van der Waals surface area contributed by atoms with E-state index in [9.17, 15) is 10.2 Å². The predicted molar refractivity (Wildman–Crippen MR) is 164 cm³/mol. The summed E-state index contributed by atoms with van der Waals surface area (Å²) in [6, 6.07) is 27.1. The average molecular weight is 562 g/mol. The molecular weight excluding hydrogens is 526 g/mol. The Hall–Kier alpha value is -4.59. The maximum Gasteiger partial charge on any atom is 0.167 e. The van der Waals surface area contributed by atoms with Gasteiger partial charge in [0.25, 0.3) is 0 Å². The summed E-state index contributed by atoms with van der Waals surface area (Å²) in [4.78, 5) is 14.4. The van der Waals surface area contributed by atoms with E-state index >= 15 is 0 Å². The molecule has 0 aliphatic rings. The molecule has 0 saturated carbocycles. The summed E-state index contributed by atoms with van der Waals surface area (Å²) >= 11 is 0. The minimum atomic E-state index is -0.962. The van der Waals surface area contributed by atoms with Crippen molar-refractivity contribution in [2.75, 3.05) is 6.61 Å². The number of aryl methyl sites for hydroxylation is 4. The lowest BCUT2D eigenvalue weighted by Gasteiger charge is -2.14. The van der Waals surface area contributed by atoms with Crippen LogP contribution in [0.25, 0.3) is 34.2 Å². The SMILES string of the molecule is Cc1cc(C)cc(-c2nc(-c3cc(C)cc(C)c3)nc(-c3ccc(OCCC(O)OCc4ccccc4)cc3O)n2)c1. The molecule has 1 heterocycles. The number of benzene rings is 4. The van der Waals surface area contributed by atoms with Gasteiger partial charge in [-0.3, -0.25) is 0 Å². The van der Waals surface area contributed by atoms with Gasteiger partial charge in [-0.1, -0.05) is 64.7 Å². The second kappa shape index (κ2) is 12.9. The first-order chi connectivity index (χ1) is 20.2. The number of phenols is 1. The molecule has 0 saturated heterocycles. The molecule has 7 heteroatoms. The van der Waals surface area contributed by atoms with Gasteiger partial charge in [-0.05, 0) is 69.7 Å². The van der Waals surface area contributed by atoms with Crippen molar-refractivity contribution in [2.45, 2.75) is 47.0 Å². The second-order valence-corrected chi connectivity index (χ2v) is 10.6. The molecule has 5 rings (SSSR count). The Morgan fingerprint density at radius 1 is 0.667 bits per heavy atom. The van der Waals surface area contributed by atoms with Crippen LogP contribution in [-0.4, -0.2) is 38.1 Å². The quantitative estimate of drug-likeness (QED) is 0.175. The van der Waals surface area contributed by atoms with Gasteiger partial charge in [-0.2, -0.15) is 0 Å². The van der Waals surface area contributed by atoms with Crippen molar-refractivity contribution in [3.63, 3.8) is 0 Å². The topological polar surface area (TPSA) is 97.6 Å². The Morgan fingerprint density at radius 2 is 1.21 bits per heavy atom. The Bertz CT molecular complexity index is 1580. The van der Waals surface area contributed by atoms with Gasteiger partial charge in [0.15, 0.2) is 23.8 Å². The van der Waals surface area contributed by atoms with E-state index in [1.165, 1.54) is 6.07 Å². The van der Waals surface area contributed by atoms with Gasteiger partial charge in [0.1, 0.15) is 11.5 Å². The summed E-state index contributed by atoms with van der Waals surface area (Å²) in [6.45, 7) is 8.71. The van der Waals surface area contributed by atoms with E-state index in [-0.39, 0.29) is 18.8 Å². The second-order valence-electron chi connectivity index (χ2n) is 10.6. The number of hydrogen-bond acceptors (Lipinski definition) is 7. The number of rotatable bonds is 10. The van der Waals surface area contributed by atoms with Crippen molar-refractivity contribution < 1.29 is 19.7 Å². The summed E-state index contributed by atoms with van der Waals surface area (Å²) in [6.07, 6.45) is -0.683. The van der Waals surface area contributed by atoms with Crippen molar-refractivity contribution >= 4 is 0 Å². The molecule has 0 fully saturated rings. The van der Waals surface area contributed by atoms with Crippen LogP contribution >= 0.6 is 0 Å². The lowest BCUT2D eigenvalue weighted by molar-refractivity contribution is -0.116. The Kier molecular flexibility index (Phi) is 8.91. The molecule has 0 amide bonds. The van der Waals surface area contributed by atoms with Gasteiger partial charge >= 0.3 is 0 Å². The summed E-state index contributed by atoms with van der Waals surface area (Å²) in [5.41, 5.74) is 7.66. The first-order valence-corrected chi connectivity index (χ1v) is 14.0. The molecule has 1 unspecified atom stereocenters. The van der Waals surface area contributed by atoms with Crippen LogP contribution < -0.4 is 4.74 Å². The highest BCUT2D eigenvalue weighted by Gasteiger charge is 2.16. The maximum atomic E-state index is 11.0. The Balaban J connectivity index is 1.37. The van der Waals surface area contributed by atoms with Crippen LogP contribution in [0.1, 0.15) is 34.2 Å². The average Bonchev–Trinajstić information content (AvgIpc) is 2.95. The van der Waals surface area contributed by atoms with Gasteiger partial charge in [-0.25, -0.2) is 15.0 Å². The van der Waals surface area contributed by atoms with Gasteiger partial charge in [-0.15, -0.1) is 0 Å². The monoisotopic (exact) mass is 561 g/mol. The highest BCUT2D eigenvalue weighted by Crippen LogP contribution is 2.33. The highest BCUT2D eigenvalue weighted by molar-refractivity contribution is 5.71. The predicted octanol–water partition coefficient (Wildman–Crippen LogP) is 7.12. The Morgan fingerprint density at radius 3 is 1.76 bits per heavy atom. The lowest BCUT2D eigenvalue weighted by atomic mass is 10.1. The fourth-order valence-corrected chi connectivity index (χ4v) is 4.88. The standard InChI is InChI=1S/C35H35N3O4/c1-22-14-23(2)17-27(16-22)33-36-34(28-18-24(3)15-25(4)19-28)38-35(37-33)30-11-10-29(20-31(30)39)41-13-12-32(40)42-21-26-8-6-5-7-9-26/h5-11,14-20,32,39-40H,12-13,21H2,1-4H3. The fourth-order valence-electron chi connectivity index (χ4n) is 4.88. The van der Waals surface area contributed by atoms with Crippen LogP contribution in [0.4, 0.5) is 0 Å². The van der Waals surface area contributed by atoms with Crippen LogP contribution in [0.5, 0.6) is 11.5 Å². The molecular formula is C35H35N3O4. The van der Waals surface area contributed by atoms with Crippen molar-refractivity contribution in [3.8, 4) is 45.7 Å². The van der Waals surface area contributed by atoms with Gasteiger partial charge in [0.05, 0.1) is 18.8 Å². The minimum Gasteiger partial charge on any atom is -0.507 e. The number of hydrogen-bond donors (Lipinski definition) is 2. The van der Waals surface area contributed by atoms with E-state index < -0.39 is 6.29 Å². The van der Waals surface area contributed by atoms with Crippen LogP contribution in [0, 0.1) is 27.7 Å². The van der Waals surface area contributed by atoms with E-state index in [4.69, 9.17) is 24.4 Å². The lowest BCUT2D eigenvalue weighted by Crippen LogP contribution is -2.15. The third-order valence-electron chi connectivity index (χ3n) is 6.72. The number of aromatic hydroxyl groups is 1. The first kappa shape index (κ1) is 28.9. The molecule has 5 aromatic rings. The van der Waals surface area contributed by atoms with E-state index in [2.05, 4.69) is 12.1 Å². The molecule has 0 bridgehead atoms. The molecule has 0 aliphatic carbocycles. The van der Waals surface area contributed by atoms with Crippen LogP contribution in [0.3, 0.4) is 0 Å². The molecule has 0 radical (unpaired) electrons. The van der Waals surface area contributed by atoms with E-state index in [1.807, 2.05) is 82.3 Å². The number of ether oxygens (including phenoxy) is 2. The van der Waals surface area contributed by atoms with Gasteiger partial charge < -0.3 is 19.7 Å². The van der Waals surface area contributed by atoms with Crippen LogP contribution in [0.15, 0.2) is 84.9 Å². The zero-order valence-electron chi connectivity index (χ0n) is 24.3. The summed E-state index contributed by atoms with van der Waals surface area (Å²) in [5.74, 6) is 1.87. The third kappa shape index (κ3) is 7.37. The van der Waals surface area contributed by atoms with Crippen molar-refractivity contribution in [2.24, 2.45) is 0 Å². The number of aliphatic hydroxyl groups excluding tert-OH is 1. The van der Waals surface area contributed by atoms with Crippen molar-refractivity contribution in [1.82, 2.24) is 15.0 Å². The zero-order valence-corrected chi connectivity index (χ0v) is 24.3. The molecule has 214 valence electrons. The molecule has 42 heavy (non-hydrogen) atoms. The largest absolute Gasteiger partial charge is 0.507 e. The zero-order chi connectivity index (χ0) is 29.6. The fraction of sp³-hybridized carbons (Fsp3) is 0.229. The summed E-state index contributed by atoms with van der Waals surface area (Å²) in [5, 5.41) is 21.2. The molecule has 0 spiro atoms. The highest BCUT2D eigenvalue weighted by atomic mass is 16.6. The maximum absolute atomic E-state index is 11.0. The Labute approximate surface area is 246 Å². The van der Waals surface area contributed by atoms with E-state index in [0.29, 0.717) is 35.4 Å². The molecule has 7 nitrogen and oxygen atoms in total. The van der Waals surface area contributed by atoms with Crippen LogP contribution in [-0.2, 0) is 11.3 Å². The smallest absolute Gasteiger partial charge is 0.167 e. The summed E-state index contributed by atoms with van der Waals surface area (Å²) < 4.78 is 11.3. The molecule has 2 N–H and O–H groups in total. The molecule has 1 atom stereocenters. The third-order valence-corrected chi connectivity index (χ3v) is 6.72. The molecule has 0 aliphatic heterocycles. The number of phenolic OH excluding ortho intramolecular Hbond substituents is 1. The molecule has 1 aromatic heterocycles. The van der Waals surface area contributed by atoms with Gasteiger partial charge in [0.2, 0.25) is 0 Å².